The van der Waals surface area contributed by atoms with Crippen LogP contribution in [-0.2, 0) is 4.79 Å². The number of furan rings is 1. The zero-order chi connectivity index (χ0) is 15.2. The number of piperazine rings is 1. The van der Waals surface area contributed by atoms with Gasteiger partial charge in [-0.3, -0.25) is 14.5 Å². The topological polar surface area (TPSA) is 65.8 Å². The van der Waals surface area contributed by atoms with Crippen LogP contribution in [0.4, 0.5) is 0 Å². The molecular formula is C15H21N3O3. The minimum absolute atomic E-state index is 0.00971. The summed E-state index contributed by atoms with van der Waals surface area (Å²) in [5, 5.41) is 2.79. The van der Waals surface area contributed by atoms with Crippen LogP contribution in [0.3, 0.4) is 0 Å². The molecule has 21 heavy (non-hydrogen) atoms. The largest absolute Gasteiger partial charge is 0.472 e. The summed E-state index contributed by atoms with van der Waals surface area (Å²) in [6.45, 7) is 8.54. The fourth-order valence-electron chi connectivity index (χ4n) is 2.37. The van der Waals surface area contributed by atoms with E-state index < -0.39 is 0 Å². The average Bonchev–Trinajstić information content (AvgIpc) is 3.05. The Bertz CT molecular complexity index is 490. The van der Waals surface area contributed by atoms with Crippen LogP contribution >= 0.6 is 0 Å². The van der Waals surface area contributed by atoms with Crippen molar-refractivity contribution in [1.29, 1.82) is 0 Å². The second kappa shape index (κ2) is 7.08. The van der Waals surface area contributed by atoms with Gasteiger partial charge in [-0.25, -0.2) is 0 Å². The van der Waals surface area contributed by atoms with Crippen molar-refractivity contribution < 1.29 is 14.0 Å². The number of rotatable bonds is 5. The lowest BCUT2D eigenvalue weighted by atomic mass is 10.2. The van der Waals surface area contributed by atoms with E-state index >= 15 is 0 Å². The molecule has 0 radical (unpaired) electrons. The highest BCUT2D eigenvalue weighted by Gasteiger charge is 2.27. The van der Waals surface area contributed by atoms with E-state index in [1.165, 1.54) is 12.5 Å². The Labute approximate surface area is 124 Å². The smallest absolute Gasteiger partial charge is 0.257 e. The van der Waals surface area contributed by atoms with Crippen LogP contribution in [0, 0.1) is 0 Å². The molecule has 0 aliphatic carbocycles. The van der Waals surface area contributed by atoms with Crippen molar-refractivity contribution in [1.82, 2.24) is 15.1 Å². The standard InChI is InChI=1S/C15H21N3O3/c1-3-5-16-14(19)12(2)17-6-8-18(9-7-17)15(20)13-4-10-21-11-13/h3-4,10-12H,1,5-9H2,2H3,(H,16,19)/t12-/m1/s1. The first-order chi connectivity index (χ1) is 10.1. The molecule has 1 fully saturated rings. The van der Waals surface area contributed by atoms with E-state index in [2.05, 4.69) is 16.8 Å². The van der Waals surface area contributed by atoms with Crippen molar-refractivity contribution in [3.05, 3.63) is 36.8 Å². The van der Waals surface area contributed by atoms with Crippen LogP contribution in [0.5, 0.6) is 0 Å². The summed E-state index contributed by atoms with van der Waals surface area (Å²) in [7, 11) is 0. The highest BCUT2D eigenvalue weighted by atomic mass is 16.3. The summed E-state index contributed by atoms with van der Waals surface area (Å²) in [5.41, 5.74) is 0.570. The predicted molar refractivity (Wildman–Crippen MR) is 78.9 cm³/mol. The van der Waals surface area contributed by atoms with Gasteiger partial charge in [0.15, 0.2) is 0 Å². The Balaban J connectivity index is 1.84. The lowest BCUT2D eigenvalue weighted by molar-refractivity contribution is -0.126. The van der Waals surface area contributed by atoms with E-state index in [0.29, 0.717) is 38.3 Å². The lowest BCUT2D eigenvalue weighted by Gasteiger charge is -2.37. The molecule has 2 heterocycles. The number of nitrogens with zero attached hydrogens (tertiary/aromatic N) is 2. The number of hydrogen-bond acceptors (Lipinski definition) is 4. The third kappa shape index (κ3) is 3.72. The first-order valence-electron chi connectivity index (χ1n) is 7.07. The number of hydrogen-bond donors (Lipinski definition) is 1. The fraction of sp³-hybridized carbons (Fsp3) is 0.467. The number of carbonyl (C=O) groups excluding carboxylic acids is 2. The van der Waals surface area contributed by atoms with Crippen LogP contribution in [-0.4, -0.2) is 60.4 Å². The maximum Gasteiger partial charge on any atom is 0.257 e. The van der Waals surface area contributed by atoms with E-state index in [4.69, 9.17) is 4.42 Å². The first-order valence-corrected chi connectivity index (χ1v) is 7.07. The molecule has 1 aliphatic rings. The van der Waals surface area contributed by atoms with Crippen LogP contribution in [0.15, 0.2) is 35.7 Å². The molecule has 2 rings (SSSR count). The van der Waals surface area contributed by atoms with Crippen LogP contribution in [0.1, 0.15) is 17.3 Å². The molecule has 0 spiro atoms. The Hall–Kier alpha value is -2.08. The molecule has 1 aromatic heterocycles. The Kier molecular flexibility index (Phi) is 5.16. The molecule has 0 bridgehead atoms. The zero-order valence-electron chi connectivity index (χ0n) is 12.2. The van der Waals surface area contributed by atoms with Gasteiger partial charge in [0.2, 0.25) is 5.91 Å². The monoisotopic (exact) mass is 291 g/mol. The van der Waals surface area contributed by atoms with Crippen molar-refractivity contribution in [2.24, 2.45) is 0 Å². The first kappa shape index (κ1) is 15.3. The van der Waals surface area contributed by atoms with Gasteiger partial charge in [0.25, 0.3) is 5.91 Å². The van der Waals surface area contributed by atoms with Crippen molar-refractivity contribution >= 4 is 11.8 Å². The highest BCUT2D eigenvalue weighted by Crippen LogP contribution is 2.11. The van der Waals surface area contributed by atoms with Gasteiger partial charge < -0.3 is 14.6 Å². The fourth-order valence-corrected chi connectivity index (χ4v) is 2.37. The van der Waals surface area contributed by atoms with Crippen molar-refractivity contribution in [2.75, 3.05) is 32.7 Å². The maximum absolute atomic E-state index is 12.2. The van der Waals surface area contributed by atoms with E-state index in [1.807, 2.05) is 6.92 Å². The van der Waals surface area contributed by atoms with Crippen molar-refractivity contribution in [2.45, 2.75) is 13.0 Å². The Morgan fingerprint density at radius 3 is 2.71 bits per heavy atom. The van der Waals surface area contributed by atoms with Gasteiger partial charge in [0, 0.05) is 32.7 Å². The van der Waals surface area contributed by atoms with E-state index in [0.717, 1.165) is 0 Å². The van der Waals surface area contributed by atoms with Gasteiger partial charge in [0.1, 0.15) is 6.26 Å². The predicted octanol–water partition coefficient (Wildman–Crippen LogP) is 0.728. The zero-order valence-corrected chi connectivity index (χ0v) is 12.2. The third-order valence-corrected chi connectivity index (χ3v) is 3.72. The second-order valence-electron chi connectivity index (χ2n) is 5.05. The van der Waals surface area contributed by atoms with E-state index in [1.54, 1.807) is 17.0 Å². The Morgan fingerprint density at radius 1 is 1.43 bits per heavy atom. The molecule has 0 aromatic carbocycles. The molecule has 1 saturated heterocycles. The summed E-state index contributed by atoms with van der Waals surface area (Å²) >= 11 is 0. The van der Waals surface area contributed by atoms with Gasteiger partial charge >= 0.3 is 0 Å². The minimum Gasteiger partial charge on any atom is -0.472 e. The van der Waals surface area contributed by atoms with Crippen LogP contribution in [0.2, 0.25) is 0 Å². The summed E-state index contributed by atoms with van der Waals surface area (Å²) in [6, 6.07) is 1.47. The number of carbonyl (C=O) groups is 2. The highest BCUT2D eigenvalue weighted by molar-refractivity contribution is 5.93. The van der Waals surface area contributed by atoms with Gasteiger partial charge in [0.05, 0.1) is 17.9 Å². The SMILES string of the molecule is C=CCNC(=O)[C@@H](C)N1CCN(C(=O)c2ccoc2)CC1. The number of nitrogens with one attached hydrogen (secondary N) is 1. The van der Waals surface area contributed by atoms with Gasteiger partial charge in [-0.2, -0.15) is 0 Å². The molecular weight excluding hydrogens is 270 g/mol. The number of amides is 2. The molecule has 1 N–H and O–H groups in total. The average molecular weight is 291 g/mol. The molecule has 1 aromatic rings. The van der Waals surface area contributed by atoms with Gasteiger partial charge in [-0.1, -0.05) is 6.08 Å². The molecule has 114 valence electrons. The minimum atomic E-state index is -0.198. The van der Waals surface area contributed by atoms with Crippen molar-refractivity contribution in [3.63, 3.8) is 0 Å². The summed E-state index contributed by atoms with van der Waals surface area (Å²) in [6.07, 6.45) is 4.61. The van der Waals surface area contributed by atoms with E-state index in [9.17, 15) is 9.59 Å². The molecule has 0 unspecified atom stereocenters. The third-order valence-electron chi connectivity index (χ3n) is 3.72. The summed E-state index contributed by atoms with van der Waals surface area (Å²) < 4.78 is 4.94. The molecule has 1 atom stereocenters. The lowest BCUT2D eigenvalue weighted by Crippen LogP contribution is -2.54. The van der Waals surface area contributed by atoms with Gasteiger partial charge in [-0.05, 0) is 13.0 Å². The maximum atomic E-state index is 12.2. The van der Waals surface area contributed by atoms with Crippen LogP contribution in [0.25, 0.3) is 0 Å². The van der Waals surface area contributed by atoms with E-state index in [-0.39, 0.29) is 17.9 Å². The normalized spacial score (nSPS) is 17.3. The van der Waals surface area contributed by atoms with Crippen molar-refractivity contribution in [3.8, 4) is 0 Å². The van der Waals surface area contributed by atoms with Crippen LogP contribution < -0.4 is 5.32 Å². The molecule has 2 amide bonds. The Morgan fingerprint density at radius 2 is 2.14 bits per heavy atom. The second-order valence-corrected chi connectivity index (χ2v) is 5.05. The summed E-state index contributed by atoms with van der Waals surface area (Å²) in [4.78, 5) is 27.9. The molecule has 0 saturated carbocycles. The molecule has 6 heteroatoms. The molecule has 1 aliphatic heterocycles. The van der Waals surface area contributed by atoms with Gasteiger partial charge in [-0.15, -0.1) is 6.58 Å². The molecule has 6 nitrogen and oxygen atoms in total. The summed E-state index contributed by atoms with van der Waals surface area (Å²) in [5.74, 6) is -0.0309. The quantitative estimate of drug-likeness (QED) is 0.812.